The summed E-state index contributed by atoms with van der Waals surface area (Å²) in [5, 5.41) is 3.51. The quantitative estimate of drug-likeness (QED) is 0.894. The Balaban J connectivity index is 2.15. The zero-order valence-electron chi connectivity index (χ0n) is 11.8. The van der Waals surface area contributed by atoms with Gasteiger partial charge in [0.2, 0.25) is 0 Å². The number of carbonyl (C=O) groups excluding carboxylic acids is 1. The minimum absolute atomic E-state index is 0.0508. The van der Waals surface area contributed by atoms with Gasteiger partial charge in [-0.1, -0.05) is 37.3 Å². The lowest BCUT2D eigenvalue weighted by atomic mass is 9.97. The minimum atomic E-state index is -0.410. The summed E-state index contributed by atoms with van der Waals surface area (Å²) in [6.45, 7) is 4.15. The van der Waals surface area contributed by atoms with Gasteiger partial charge in [0.25, 0.3) is 5.91 Å². The van der Waals surface area contributed by atoms with Crippen LogP contribution in [0.5, 0.6) is 0 Å². The number of fused-ring (bicyclic) bond motifs is 1. The highest BCUT2D eigenvalue weighted by Gasteiger charge is 2.40. The van der Waals surface area contributed by atoms with E-state index in [0.29, 0.717) is 0 Å². The highest BCUT2D eigenvalue weighted by Crippen LogP contribution is 2.36. The van der Waals surface area contributed by atoms with Gasteiger partial charge < -0.3 is 5.32 Å². The topological polar surface area (TPSA) is 32.3 Å². The molecular formula is C17H18N2O. The molecule has 1 atom stereocenters. The van der Waals surface area contributed by atoms with Gasteiger partial charge >= 0.3 is 0 Å². The predicted molar refractivity (Wildman–Crippen MR) is 82.0 cm³/mol. The lowest BCUT2D eigenvalue weighted by Crippen LogP contribution is -2.58. The summed E-state index contributed by atoms with van der Waals surface area (Å²) < 4.78 is 0. The van der Waals surface area contributed by atoms with Crippen molar-refractivity contribution >= 4 is 17.3 Å². The Labute approximate surface area is 119 Å². The summed E-state index contributed by atoms with van der Waals surface area (Å²) in [7, 11) is 0. The van der Waals surface area contributed by atoms with E-state index in [1.54, 1.807) is 0 Å². The van der Waals surface area contributed by atoms with E-state index in [1.807, 2.05) is 59.5 Å². The van der Waals surface area contributed by atoms with Gasteiger partial charge in [0, 0.05) is 11.4 Å². The molecule has 1 N–H and O–H groups in total. The molecule has 0 aliphatic carbocycles. The number of rotatable bonds is 2. The second kappa shape index (κ2) is 4.67. The number of nitrogens with one attached hydrogen (secondary N) is 1. The fourth-order valence-electron chi connectivity index (χ4n) is 2.69. The van der Waals surface area contributed by atoms with Crippen LogP contribution in [-0.4, -0.2) is 11.6 Å². The Morgan fingerprint density at radius 2 is 1.70 bits per heavy atom. The van der Waals surface area contributed by atoms with Gasteiger partial charge in [0.05, 0.1) is 5.56 Å². The molecule has 3 heteroatoms. The summed E-state index contributed by atoms with van der Waals surface area (Å²) in [6.07, 6.45) is 0.821. The van der Waals surface area contributed by atoms with Crippen LogP contribution in [0.4, 0.5) is 11.4 Å². The summed E-state index contributed by atoms with van der Waals surface area (Å²) in [6, 6.07) is 17.5. The number of anilines is 2. The number of benzene rings is 2. The van der Waals surface area contributed by atoms with Gasteiger partial charge in [-0.2, -0.15) is 0 Å². The highest BCUT2D eigenvalue weighted by molar-refractivity contribution is 6.12. The smallest absolute Gasteiger partial charge is 0.262 e. The van der Waals surface area contributed by atoms with Crippen molar-refractivity contribution in [3.05, 3.63) is 60.2 Å². The molecule has 0 radical (unpaired) electrons. The van der Waals surface area contributed by atoms with Crippen LogP contribution in [0.25, 0.3) is 0 Å². The highest BCUT2D eigenvalue weighted by atomic mass is 16.2. The third kappa shape index (κ3) is 1.86. The van der Waals surface area contributed by atoms with E-state index < -0.39 is 5.66 Å². The number of nitrogens with zero attached hydrogens (tertiary/aromatic N) is 1. The van der Waals surface area contributed by atoms with Crippen molar-refractivity contribution in [2.24, 2.45) is 0 Å². The molecule has 102 valence electrons. The van der Waals surface area contributed by atoms with E-state index in [4.69, 9.17) is 0 Å². The van der Waals surface area contributed by atoms with Crippen molar-refractivity contribution < 1.29 is 4.79 Å². The molecule has 20 heavy (non-hydrogen) atoms. The SMILES string of the molecule is CCC1(C)Nc2ccccc2C(=O)N1c1ccccc1. The second-order valence-corrected chi connectivity index (χ2v) is 5.27. The largest absolute Gasteiger partial charge is 0.362 e. The first-order valence-corrected chi connectivity index (χ1v) is 6.92. The minimum Gasteiger partial charge on any atom is -0.362 e. The summed E-state index contributed by atoms with van der Waals surface area (Å²) in [5.74, 6) is 0.0508. The fraction of sp³-hybridized carbons (Fsp3) is 0.235. The van der Waals surface area contributed by atoms with E-state index >= 15 is 0 Å². The molecule has 0 aromatic heterocycles. The molecule has 1 aliphatic rings. The van der Waals surface area contributed by atoms with Crippen molar-refractivity contribution in [2.75, 3.05) is 10.2 Å². The first-order chi connectivity index (χ1) is 9.65. The molecule has 2 aromatic carbocycles. The van der Waals surface area contributed by atoms with Crippen molar-refractivity contribution in [1.29, 1.82) is 0 Å². The molecule has 0 bridgehead atoms. The maximum Gasteiger partial charge on any atom is 0.262 e. The number of hydrogen-bond donors (Lipinski definition) is 1. The molecule has 1 amide bonds. The van der Waals surface area contributed by atoms with Crippen molar-refractivity contribution in [3.8, 4) is 0 Å². The summed E-state index contributed by atoms with van der Waals surface area (Å²) in [4.78, 5) is 14.7. The Morgan fingerprint density at radius 1 is 1.05 bits per heavy atom. The third-order valence-corrected chi connectivity index (χ3v) is 3.96. The molecular weight excluding hydrogens is 248 g/mol. The standard InChI is InChI=1S/C17H18N2O/c1-3-17(2)18-15-12-8-7-11-14(15)16(20)19(17)13-9-5-4-6-10-13/h4-12,18H,3H2,1-2H3. The Morgan fingerprint density at radius 3 is 2.40 bits per heavy atom. The van der Waals surface area contributed by atoms with Crippen LogP contribution >= 0.6 is 0 Å². The van der Waals surface area contributed by atoms with E-state index in [0.717, 1.165) is 23.4 Å². The van der Waals surface area contributed by atoms with Gasteiger partial charge in [-0.25, -0.2) is 0 Å². The van der Waals surface area contributed by atoms with Crippen LogP contribution in [0.3, 0.4) is 0 Å². The molecule has 0 saturated carbocycles. The molecule has 0 saturated heterocycles. The Bertz CT molecular complexity index is 638. The lowest BCUT2D eigenvalue weighted by Gasteiger charge is -2.46. The maximum absolute atomic E-state index is 12.9. The second-order valence-electron chi connectivity index (χ2n) is 5.27. The van der Waals surface area contributed by atoms with E-state index in [-0.39, 0.29) is 5.91 Å². The zero-order chi connectivity index (χ0) is 14.2. The Hall–Kier alpha value is -2.29. The van der Waals surface area contributed by atoms with Crippen LogP contribution in [0.1, 0.15) is 30.6 Å². The molecule has 3 nitrogen and oxygen atoms in total. The van der Waals surface area contributed by atoms with Gasteiger partial charge in [-0.15, -0.1) is 0 Å². The summed E-state index contributed by atoms with van der Waals surface area (Å²) >= 11 is 0. The average molecular weight is 266 g/mol. The Kier molecular flexibility index (Phi) is 2.97. The molecule has 0 spiro atoms. The van der Waals surface area contributed by atoms with Crippen LogP contribution in [-0.2, 0) is 0 Å². The van der Waals surface area contributed by atoms with Crippen LogP contribution in [0, 0.1) is 0 Å². The van der Waals surface area contributed by atoms with E-state index in [1.165, 1.54) is 0 Å². The average Bonchev–Trinajstić information content (AvgIpc) is 2.48. The molecule has 1 heterocycles. The van der Waals surface area contributed by atoms with Crippen molar-refractivity contribution in [2.45, 2.75) is 25.9 Å². The first kappa shape index (κ1) is 12.7. The zero-order valence-corrected chi connectivity index (χ0v) is 11.8. The fourth-order valence-corrected chi connectivity index (χ4v) is 2.69. The predicted octanol–water partition coefficient (Wildman–Crippen LogP) is 3.89. The van der Waals surface area contributed by atoms with Crippen molar-refractivity contribution in [1.82, 2.24) is 0 Å². The van der Waals surface area contributed by atoms with Gasteiger partial charge in [-0.3, -0.25) is 9.69 Å². The van der Waals surface area contributed by atoms with Crippen LogP contribution in [0.2, 0.25) is 0 Å². The van der Waals surface area contributed by atoms with Crippen LogP contribution < -0.4 is 10.2 Å². The van der Waals surface area contributed by atoms with E-state index in [2.05, 4.69) is 19.2 Å². The van der Waals surface area contributed by atoms with Crippen LogP contribution in [0.15, 0.2) is 54.6 Å². The maximum atomic E-state index is 12.9. The first-order valence-electron chi connectivity index (χ1n) is 6.92. The molecule has 1 aliphatic heterocycles. The molecule has 3 rings (SSSR count). The lowest BCUT2D eigenvalue weighted by molar-refractivity contribution is 0.0956. The van der Waals surface area contributed by atoms with Gasteiger partial charge in [0.1, 0.15) is 5.66 Å². The number of carbonyl (C=O) groups is 1. The summed E-state index contributed by atoms with van der Waals surface area (Å²) in [5.41, 5.74) is 2.15. The number of hydrogen-bond acceptors (Lipinski definition) is 2. The third-order valence-electron chi connectivity index (χ3n) is 3.96. The van der Waals surface area contributed by atoms with E-state index in [9.17, 15) is 4.79 Å². The van der Waals surface area contributed by atoms with Gasteiger partial charge in [-0.05, 0) is 37.6 Å². The van der Waals surface area contributed by atoms with Gasteiger partial charge in [0.15, 0.2) is 0 Å². The number of amides is 1. The van der Waals surface area contributed by atoms with Crippen molar-refractivity contribution in [3.63, 3.8) is 0 Å². The normalized spacial score (nSPS) is 21.3. The molecule has 2 aromatic rings. The monoisotopic (exact) mass is 266 g/mol. The molecule has 0 fully saturated rings. The molecule has 1 unspecified atom stereocenters. The number of para-hydroxylation sites is 2.